The molecule has 1 aliphatic rings. The molecular formula is C24H25FN2O. The Morgan fingerprint density at radius 2 is 1.86 bits per heavy atom. The zero-order chi connectivity index (χ0) is 19.7. The molecule has 3 aromatic carbocycles. The van der Waals surface area contributed by atoms with Crippen LogP contribution in [0.4, 0.5) is 15.8 Å². The quantitative estimate of drug-likeness (QED) is 0.462. The fourth-order valence-corrected chi connectivity index (χ4v) is 3.68. The lowest BCUT2D eigenvalue weighted by molar-refractivity contribution is 0.471. The monoisotopic (exact) mass is 376 g/mol. The van der Waals surface area contributed by atoms with Gasteiger partial charge in [0.05, 0.1) is 0 Å². The third-order valence-corrected chi connectivity index (χ3v) is 5.25. The number of fused-ring (bicyclic) bond motifs is 4. The summed E-state index contributed by atoms with van der Waals surface area (Å²) in [5.74, 6) is 1.09. The van der Waals surface area contributed by atoms with Crippen LogP contribution in [0, 0.1) is 5.82 Å². The van der Waals surface area contributed by atoms with Gasteiger partial charge >= 0.3 is 0 Å². The smallest absolute Gasteiger partial charge is 0.160 e. The van der Waals surface area contributed by atoms with E-state index in [2.05, 4.69) is 54.9 Å². The Morgan fingerprint density at radius 1 is 1.04 bits per heavy atom. The van der Waals surface area contributed by atoms with Gasteiger partial charge in [-0.05, 0) is 56.0 Å². The minimum atomic E-state index is -0.257. The first kappa shape index (κ1) is 18.5. The molecule has 0 saturated carbocycles. The lowest BCUT2D eigenvalue weighted by Crippen LogP contribution is -2.21. The highest BCUT2D eigenvalue weighted by Gasteiger charge is 2.17. The number of ether oxygens (including phenoxy) is 1. The second kappa shape index (κ2) is 7.63. The highest BCUT2D eigenvalue weighted by Crippen LogP contribution is 2.41. The van der Waals surface area contributed by atoms with E-state index in [-0.39, 0.29) is 5.82 Å². The lowest BCUT2D eigenvalue weighted by Gasteiger charge is -2.22. The van der Waals surface area contributed by atoms with Gasteiger partial charge in [0.1, 0.15) is 16.9 Å². The number of halogens is 1. The third-order valence-electron chi connectivity index (χ3n) is 5.25. The second-order valence-corrected chi connectivity index (χ2v) is 7.04. The van der Waals surface area contributed by atoms with Crippen LogP contribution in [0.3, 0.4) is 0 Å². The van der Waals surface area contributed by atoms with Gasteiger partial charge in [0.25, 0.3) is 0 Å². The van der Waals surface area contributed by atoms with Crippen molar-refractivity contribution in [3.05, 3.63) is 58.9 Å². The van der Waals surface area contributed by atoms with Crippen molar-refractivity contribution >= 4 is 28.2 Å². The molecule has 0 fully saturated rings. The van der Waals surface area contributed by atoms with Gasteiger partial charge in [-0.1, -0.05) is 25.5 Å². The summed E-state index contributed by atoms with van der Waals surface area (Å²) >= 11 is 0. The molecule has 0 spiro atoms. The first-order valence-electron chi connectivity index (χ1n) is 10.0. The van der Waals surface area contributed by atoms with Crippen LogP contribution in [-0.4, -0.2) is 13.1 Å². The van der Waals surface area contributed by atoms with Crippen LogP contribution in [0.15, 0.2) is 47.5 Å². The topological polar surface area (TPSA) is 24.8 Å². The molecule has 0 atom stereocenters. The second-order valence-electron chi connectivity index (χ2n) is 7.04. The van der Waals surface area contributed by atoms with E-state index in [0.29, 0.717) is 16.3 Å². The van der Waals surface area contributed by atoms with E-state index in [1.807, 2.05) is 12.1 Å². The summed E-state index contributed by atoms with van der Waals surface area (Å²) in [6.07, 6.45) is 3.72. The predicted molar refractivity (Wildman–Crippen MR) is 114 cm³/mol. The Hall–Kier alpha value is -2.88. The Labute approximate surface area is 164 Å². The van der Waals surface area contributed by atoms with Crippen LogP contribution in [0.25, 0.3) is 16.8 Å². The molecule has 1 heterocycles. The number of anilines is 1. The molecule has 0 aromatic heterocycles. The lowest BCUT2D eigenvalue weighted by atomic mass is 10.1. The fraction of sp³-hybridized carbons (Fsp3) is 0.292. The molecule has 4 heteroatoms. The maximum atomic E-state index is 14.4. The van der Waals surface area contributed by atoms with Crippen molar-refractivity contribution in [2.45, 2.75) is 33.6 Å². The normalized spacial score (nSPS) is 12.9. The van der Waals surface area contributed by atoms with Crippen molar-refractivity contribution in [3.63, 3.8) is 0 Å². The van der Waals surface area contributed by atoms with E-state index in [4.69, 9.17) is 4.74 Å². The molecule has 0 saturated heterocycles. The Bertz CT molecular complexity index is 1150. The maximum Gasteiger partial charge on any atom is 0.160 e. The molecule has 0 aliphatic carbocycles. The van der Waals surface area contributed by atoms with E-state index >= 15 is 0 Å². The van der Waals surface area contributed by atoms with E-state index in [9.17, 15) is 4.39 Å². The van der Waals surface area contributed by atoms with Gasteiger partial charge in [0, 0.05) is 35.4 Å². The molecule has 28 heavy (non-hydrogen) atoms. The fourth-order valence-electron chi connectivity index (χ4n) is 3.68. The van der Waals surface area contributed by atoms with Crippen molar-refractivity contribution in [1.29, 1.82) is 0 Å². The van der Waals surface area contributed by atoms with Crippen molar-refractivity contribution in [2.75, 3.05) is 18.0 Å². The Morgan fingerprint density at radius 3 is 2.61 bits per heavy atom. The van der Waals surface area contributed by atoms with Gasteiger partial charge in [0.15, 0.2) is 11.5 Å². The number of hydrogen-bond donors (Lipinski definition) is 0. The molecule has 0 unspecified atom stereocenters. The summed E-state index contributed by atoms with van der Waals surface area (Å²) in [6.45, 7) is 8.33. The molecule has 4 rings (SSSR count). The van der Waals surface area contributed by atoms with Crippen LogP contribution in [0.5, 0.6) is 11.5 Å². The van der Waals surface area contributed by atoms with Crippen molar-refractivity contribution in [3.8, 4) is 11.5 Å². The average molecular weight is 376 g/mol. The molecule has 0 bridgehead atoms. The highest BCUT2D eigenvalue weighted by molar-refractivity contribution is 5.95. The van der Waals surface area contributed by atoms with E-state index in [0.717, 1.165) is 48.1 Å². The molecule has 1 aliphatic heterocycles. The van der Waals surface area contributed by atoms with Gasteiger partial charge < -0.3 is 9.64 Å². The van der Waals surface area contributed by atoms with Crippen LogP contribution in [0.2, 0.25) is 0 Å². The minimum Gasteiger partial charge on any atom is -0.452 e. The van der Waals surface area contributed by atoms with E-state index in [1.54, 1.807) is 6.07 Å². The van der Waals surface area contributed by atoms with Gasteiger partial charge in [0.2, 0.25) is 0 Å². The largest absolute Gasteiger partial charge is 0.452 e. The van der Waals surface area contributed by atoms with Gasteiger partial charge in [-0.3, -0.25) is 0 Å². The molecule has 3 aromatic rings. The van der Waals surface area contributed by atoms with Crippen LogP contribution < -0.4 is 20.2 Å². The molecule has 0 N–H and O–H groups in total. The zero-order valence-corrected chi connectivity index (χ0v) is 16.6. The molecule has 144 valence electrons. The summed E-state index contributed by atoms with van der Waals surface area (Å²) < 4.78 is 20.6. The van der Waals surface area contributed by atoms with Crippen LogP contribution in [0.1, 0.15) is 33.6 Å². The highest BCUT2D eigenvalue weighted by atomic mass is 19.1. The first-order valence-corrected chi connectivity index (χ1v) is 10.0. The van der Waals surface area contributed by atoms with Crippen molar-refractivity contribution in [2.24, 2.45) is 4.99 Å². The SMILES string of the molecule is CCC/C=c1/cc2c(cc1F)=Nc1ccc3cc(N(CC)CC)ccc3c1O2. The molecule has 0 radical (unpaired) electrons. The van der Waals surface area contributed by atoms with Crippen LogP contribution >= 0.6 is 0 Å². The number of hydrogen-bond acceptors (Lipinski definition) is 3. The van der Waals surface area contributed by atoms with E-state index < -0.39 is 0 Å². The first-order chi connectivity index (χ1) is 13.6. The Balaban J connectivity index is 1.83. The van der Waals surface area contributed by atoms with Crippen molar-refractivity contribution < 1.29 is 9.13 Å². The molecule has 0 amide bonds. The summed E-state index contributed by atoms with van der Waals surface area (Å²) in [5, 5.41) is 3.24. The maximum absolute atomic E-state index is 14.4. The summed E-state index contributed by atoms with van der Waals surface area (Å²) in [7, 11) is 0. The standard InChI is InChI=1S/C24H25FN2O/c1-4-7-8-17-14-23-22(15-20(17)25)26-21-12-9-16-13-18(27(5-2)6-3)10-11-19(16)24(21)28-23/h8-15H,4-7H2,1-3H3/b17-8-. The van der Waals surface area contributed by atoms with E-state index in [1.165, 1.54) is 11.8 Å². The summed E-state index contributed by atoms with van der Waals surface area (Å²) in [6, 6.07) is 13.6. The number of benzene rings is 3. The average Bonchev–Trinajstić information content (AvgIpc) is 2.71. The van der Waals surface area contributed by atoms with Crippen molar-refractivity contribution in [1.82, 2.24) is 0 Å². The predicted octanol–water partition coefficient (Wildman–Crippen LogP) is 5.46. The third kappa shape index (κ3) is 3.24. The number of nitrogens with zero attached hydrogens (tertiary/aromatic N) is 2. The molecular weight excluding hydrogens is 351 g/mol. The zero-order valence-electron chi connectivity index (χ0n) is 16.6. The number of unbranched alkanes of at least 4 members (excludes halogenated alkanes) is 1. The van der Waals surface area contributed by atoms with Gasteiger partial charge in [-0.15, -0.1) is 0 Å². The summed E-state index contributed by atoms with van der Waals surface area (Å²) in [5.41, 5.74) is 1.93. The van der Waals surface area contributed by atoms with Gasteiger partial charge in [-0.25, -0.2) is 9.38 Å². The Kier molecular flexibility index (Phi) is 5.03. The van der Waals surface area contributed by atoms with Gasteiger partial charge in [-0.2, -0.15) is 0 Å². The molecule has 3 nitrogen and oxygen atoms in total. The van der Waals surface area contributed by atoms with Crippen LogP contribution in [-0.2, 0) is 0 Å². The summed E-state index contributed by atoms with van der Waals surface area (Å²) in [4.78, 5) is 6.96. The number of rotatable bonds is 5. The minimum absolute atomic E-state index is 0.257.